The number of carbonyl (C=O) groups is 2. The molecule has 0 radical (unpaired) electrons. The van der Waals surface area contributed by atoms with Gasteiger partial charge in [0.2, 0.25) is 5.91 Å². The molecule has 0 fully saturated rings. The van der Waals surface area contributed by atoms with E-state index < -0.39 is 5.54 Å². The molecule has 0 unspecified atom stereocenters. The van der Waals surface area contributed by atoms with E-state index in [-0.39, 0.29) is 24.9 Å². The third kappa shape index (κ3) is 4.98. The van der Waals surface area contributed by atoms with Gasteiger partial charge in [-0.05, 0) is 48.9 Å². The van der Waals surface area contributed by atoms with Crippen LogP contribution >= 0.6 is 0 Å². The topological polar surface area (TPSA) is 94.9 Å². The number of fused-ring (bicyclic) bond motifs is 1. The van der Waals surface area contributed by atoms with Crippen molar-refractivity contribution in [1.82, 2.24) is 20.0 Å². The highest BCUT2D eigenvalue weighted by molar-refractivity contribution is 6.00. The van der Waals surface area contributed by atoms with Crippen LogP contribution < -0.4 is 19.5 Å². The minimum absolute atomic E-state index is 0.136. The van der Waals surface area contributed by atoms with E-state index in [9.17, 15) is 9.59 Å². The van der Waals surface area contributed by atoms with E-state index in [4.69, 9.17) is 19.3 Å². The quantitative estimate of drug-likeness (QED) is 0.340. The molecular formula is C31H32N4O5. The molecule has 0 aliphatic carbocycles. The van der Waals surface area contributed by atoms with Gasteiger partial charge in [-0.1, -0.05) is 42.5 Å². The van der Waals surface area contributed by atoms with Crippen LogP contribution in [0.3, 0.4) is 0 Å². The average Bonchev–Trinajstić information content (AvgIpc) is 3.42. The largest absolute Gasteiger partial charge is 0.497 e. The Morgan fingerprint density at radius 3 is 2.38 bits per heavy atom. The monoisotopic (exact) mass is 540 g/mol. The second kappa shape index (κ2) is 11.1. The van der Waals surface area contributed by atoms with Gasteiger partial charge in [0, 0.05) is 17.7 Å². The van der Waals surface area contributed by atoms with E-state index in [1.54, 1.807) is 50.0 Å². The highest BCUT2D eigenvalue weighted by Crippen LogP contribution is 2.36. The van der Waals surface area contributed by atoms with Crippen LogP contribution in [0.4, 0.5) is 0 Å². The van der Waals surface area contributed by atoms with Crippen molar-refractivity contribution in [3.63, 3.8) is 0 Å². The van der Waals surface area contributed by atoms with Crippen LogP contribution in [0.5, 0.6) is 17.2 Å². The molecule has 0 saturated heterocycles. The van der Waals surface area contributed by atoms with Crippen molar-refractivity contribution in [2.45, 2.75) is 32.1 Å². The van der Waals surface area contributed by atoms with Crippen molar-refractivity contribution in [2.75, 3.05) is 21.3 Å². The SMILES string of the molecule is COc1ccc(-c2cc3n(n2)C[C@](C)(C(=O)NCc2ccccc2)N(Cc2cccc(OC)c2OC)C3=O)cc1. The minimum Gasteiger partial charge on any atom is -0.497 e. The standard InChI is InChI=1S/C31H32N4O5/c1-31(30(37)32-18-21-9-6-5-7-10-21)20-35-26(17-25(33-35)22-13-15-24(38-2)16-14-22)29(36)34(31)19-23-11-8-12-27(39-3)28(23)40-4/h5-17H,18-20H2,1-4H3,(H,32,37)/t31-/m1/s1. The van der Waals surface area contributed by atoms with Gasteiger partial charge < -0.3 is 24.4 Å². The van der Waals surface area contributed by atoms with Gasteiger partial charge in [0.1, 0.15) is 17.0 Å². The van der Waals surface area contributed by atoms with Crippen molar-refractivity contribution < 1.29 is 23.8 Å². The fraction of sp³-hybridized carbons (Fsp3) is 0.258. The van der Waals surface area contributed by atoms with Gasteiger partial charge in [0.05, 0.1) is 40.1 Å². The zero-order valence-corrected chi connectivity index (χ0v) is 23.0. The molecule has 1 N–H and O–H groups in total. The third-order valence-corrected chi connectivity index (χ3v) is 7.28. The Bertz CT molecular complexity index is 1520. The number of nitrogens with one attached hydrogen (secondary N) is 1. The van der Waals surface area contributed by atoms with Gasteiger partial charge >= 0.3 is 0 Å². The summed E-state index contributed by atoms with van der Waals surface area (Å²) in [6.45, 7) is 2.42. The Balaban J connectivity index is 1.53. The number of carbonyl (C=O) groups excluding carboxylic acids is 2. The molecular weight excluding hydrogens is 508 g/mol. The molecule has 9 nitrogen and oxygen atoms in total. The maximum absolute atomic E-state index is 14.1. The number of rotatable bonds is 9. The molecule has 40 heavy (non-hydrogen) atoms. The zero-order valence-electron chi connectivity index (χ0n) is 23.0. The first-order chi connectivity index (χ1) is 19.4. The van der Waals surface area contributed by atoms with Gasteiger partial charge in [-0.25, -0.2) is 0 Å². The molecule has 4 aromatic rings. The summed E-state index contributed by atoms with van der Waals surface area (Å²) in [5.74, 6) is 1.21. The first-order valence-corrected chi connectivity index (χ1v) is 12.9. The molecule has 0 spiro atoms. The van der Waals surface area contributed by atoms with E-state index in [1.807, 2.05) is 66.7 Å². The summed E-state index contributed by atoms with van der Waals surface area (Å²) in [7, 11) is 4.73. The summed E-state index contributed by atoms with van der Waals surface area (Å²) in [5, 5.41) is 7.76. The first-order valence-electron chi connectivity index (χ1n) is 12.9. The highest BCUT2D eigenvalue weighted by atomic mass is 16.5. The van der Waals surface area contributed by atoms with E-state index in [2.05, 4.69) is 5.32 Å². The fourth-order valence-electron chi connectivity index (χ4n) is 5.01. The molecule has 2 amide bonds. The number of methoxy groups -OCH3 is 3. The lowest BCUT2D eigenvalue weighted by molar-refractivity contribution is -0.133. The Hall–Kier alpha value is -4.79. The van der Waals surface area contributed by atoms with E-state index in [1.165, 1.54) is 0 Å². The molecule has 5 rings (SSSR count). The number of aromatic nitrogens is 2. The van der Waals surface area contributed by atoms with Gasteiger partial charge in [0.25, 0.3) is 5.91 Å². The smallest absolute Gasteiger partial charge is 0.273 e. The van der Waals surface area contributed by atoms with Gasteiger partial charge in [-0.3, -0.25) is 14.3 Å². The molecule has 3 aromatic carbocycles. The van der Waals surface area contributed by atoms with Gasteiger partial charge in [0.15, 0.2) is 11.5 Å². The van der Waals surface area contributed by atoms with Crippen LogP contribution in [-0.4, -0.2) is 53.4 Å². The Morgan fingerprint density at radius 1 is 0.950 bits per heavy atom. The number of hydrogen-bond donors (Lipinski definition) is 1. The molecule has 0 bridgehead atoms. The second-order valence-electron chi connectivity index (χ2n) is 9.79. The van der Waals surface area contributed by atoms with Crippen molar-refractivity contribution in [1.29, 1.82) is 0 Å². The van der Waals surface area contributed by atoms with Crippen molar-refractivity contribution in [3.8, 4) is 28.5 Å². The number of para-hydroxylation sites is 1. The summed E-state index contributed by atoms with van der Waals surface area (Å²) in [4.78, 5) is 29.6. The molecule has 9 heteroatoms. The molecule has 0 saturated carbocycles. The summed E-state index contributed by atoms with van der Waals surface area (Å²) in [6.07, 6.45) is 0. The lowest BCUT2D eigenvalue weighted by Gasteiger charge is -2.43. The predicted octanol–water partition coefficient (Wildman–Crippen LogP) is 4.31. The number of amides is 2. The van der Waals surface area contributed by atoms with E-state index in [0.29, 0.717) is 29.4 Å². The predicted molar refractivity (Wildman–Crippen MR) is 150 cm³/mol. The molecule has 206 valence electrons. The van der Waals surface area contributed by atoms with Gasteiger partial charge in [-0.15, -0.1) is 0 Å². The molecule has 1 aliphatic rings. The van der Waals surface area contributed by atoms with Crippen LogP contribution in [0.1, 0.15) is 28.5 Å². The summed E-state index contributed by atoms with van der Waals surface area (Å²) >= 11 is 0. The Labute approximate surface area is 233 Å². The molecule has 1 aromatic heterocycles. The minimum atomic E-state index is -1.24. The highest BCUT2D eigenvalue weighted by Gasteiger charge is 2.48. The zero-order chi connectivity index (χ0) is 28.3. The van der Waals surface area contributed by atoms with Crippen LogP contribution in [0.2, 0.25) is 0 Å². The van der Waals surface area contributed by atoms with Crippen LogP contribution in [0.25, 0.3) is 11.3 Å². The Morgan fingerprint density at radius 2 is 1.70 bits per heavy atom. The molecule has 1 aliphatic heterocycles. The number of benzene rings is 3. The summed E-state index contributed by atoms with van der Waals surface area (Å²) in [5.41, 5.74) is 2.33. The molecule has 2 heterocycles. The fourth-order valence-corrected chi connectivity index (χ4v) is 5.01. The normalized spacial score (nSPS) is 16.3. The number of ether oxygens (including phenoxy) is 3. The van der Waals surface area contributed by atoms with Crippen molar-refractivity contribution in [2.24, 2.45) is 0 Å². The number of hydrogen-bond acceptors (Lipinski definition) is 6. The summed E-state index contributed by atoms with van der Waals surface area (Å²) < 4.78 is 18.0. The lowest BCUT2D eigenvalue weighted by atomic mass is 9.93. The van der Waals surface area contributed by atoms with Gasteiger partial charge in [-0.2, -0.15) is 5.10 Å². The lowest BCUT2D eigenvalue weighted by Crippen LogP contribution is -2.63. The molecule has 1 atom stereocenters. The Kier molecular flexibility index (Phi) is 7.46. The van der Waals surface area contributed by atoms with Crippen molar-refractivity contribution in [3.05, 3.63) is 95.7 Å². The first kappa shape index (κ1) is 26.8. The maximum Gasteiger partial charge on any atom is 0.273 e. The maximum atomic E-state index is 14.1. The van der Waals surface area contributed by atoms with E-state index >= 15 is 0 Å². The van der Waals surface area contributed by atoms with Crippen molar-refractivity contribution >= 4 is 11.8 Å². The van der Waals surface area contributed by atoms with E-state index in [0.717, 1.165) is 22.4 Å². The van der Waals surface area contributed by atoms with Crippen LogP contribution in [0, 0.1) is 0 Å². The second-order valence-corrected chi connectivity index (χ2v) is 9.79. The summed E-state index contributed by atoms with van der Waals surface area (Å²) in [6, 6.07) is 24.4. The third-order valence-electron chi connectivity index (χ3n) is 7.28. The van der Waals surface area contributed by atoms with Crippen LogP contribution in [0.15, 0.2) is 78.9 Å². The van der Waals surface area contributed by atoms with Crippen LogP contribution in [-0.2, 0) is 24.4 Å². The average molecular weight is 541 g/mol. The number of nitrogens with zero attached hydrogens (tertiary/aromatic N) is 3.